The van der Waals surface area contributed by atoms with Crippen LogP contribution in [0.3, 0.4) is 0 Å². The van der Waals surface area contributed by atoms with Crippen molar-refractivity contribution in [1.29, 1.82) is 0 Å². The highest BCUT2D eigenvalue weighted by Crippen LogP contribution is 2.27. The molecule has 2 aliphatic heterocycles. The van der Waals surface area contributed by atoms with Crippen molar-refractivity contribution in [3.8, 4) is 5.75 Å². The Kier molecular flexibility index (Phi) is 8.74. The van der Waals surface area contributed by atoms with Gasteiger partial charge in [-0.2, -0.15) is 9.50 Å². The number of nitrogens with zero attached hydrogens (tertiary/aromatic N) is 7. The number of fused-ring (bicyclic) bond motifs is 1. The molecule has 1 fully saturated rings. The van der Waals surface area contributed by atoms with Gasteiger partial charge in [0.1, 0.15) is 18.0 Å². The number of pyridine rings is 1. The summed E-state index contributed by atoms with van der Waals surface area (Å²) in [5.41, 5.74) is 1.86. The van der Waals surface area contributed by atoms with E-state index in [1.165, 1.54) is 22.8 Å². The molecule has 45 heavy (non-hydrogen) atoms. The van der Waals surface area contributed by atoms with E-state index in [0.717, 1.165) is 5.57 Å². The van der Waals surface area contributed by atoms with Gasteiger partial charge in [0.05, 0.1) is 29.6 Å². The fraction of sp³-hybridized carbons (Fsp3) is 0.333. The minimum Gasteiger partial charge on any atom is -0.505 e. The van der Waals surface area contributed by atoms with Gasteiger partial charge in [-0.3, -0.25) is 14.4 Å². The number of halogens is 2. The number of amides is 2. The first kappa shape index (κ1) is 30.6. The second-order valence-electron chi connectivity index (χ2n) is 10.6. The Morgan fingerprint density at radius 2 is 1.93 bits per heavy atom. The lowest BCUT2D eigenvalue weighted by Crippen LogP contribution is -2.51. The minimum absolute atomic E-state index is 0.0201. The summed E-state index contributed by atoms with van der Waals surface area (Å²) in [5.74, 6) is -0.327. The van der Waals surface area contributed by atoms with Gasteiger partial charge < -0.3 is 29.5 Å². The molecule has 2 N–H and O–H groups in total. The Labute approximate surface area is 267 Å². The lowest BCUT2D eigenvalue weighted by atomic mass is 10.1. The zero-order valence-corrected chi connectivity index (χ0v) is 25.9. The molecule has 15 heteroatoms. The van der Waals surface area contributed by atoms with E-state index in [1.807, 2.05) is 17.9 Å². The zero-order valence-electron chi connectivity index (χ0n) is 24.4. The van der Waals surface area contributed by atoms with Crippen molar-refractivity contribution in [3.63, 3.8) is 0 Å². The fourth-order valence-electron chi connectivity index (χ4n) is 5.56. The van der Waals surface area contributed by atoms with Crippen LogP contribution in [0.2, 0.25) is 10.0 Å². The van der Waals surface area contributed by atoms with Crippen molar-refractivity contribution < 1.29 is 19.4 Å². The average molecular weight is 654 g/mol. The monoisotopic (exact) mass is 652 g/mol. The number of hydrogen-bond donors (Lipinski definition) is 2. The van der Waals surface area contributed by atoms with E-state index in [9.17, 15) is 19.5 Å². The van der Waals surface area contributed by atoms with E-state index >= 15 is 0 Å². The lowest BCUT2D eigenvalue weighted by molar-refractivity contribution is -0.116. The number of aromatic hydroxyl groups is 1. The number of benzene rings is 1. The summed E-state index contributed by atoms with van der Waals surface area (Å²) in [6, 6.07) is 7.76. The summed E-state index contributed by atoms with van der Waals surface area (Å²) in [6.45, 7) is 3.93. The number of rotatable bonds is 7. The molecule has 13 nitrogen and oxygen atoms in total. The molecule has 2 amide bonds. The molecule has 1 saturated heterocycles. The highest BCUT2D eigenvalue weighted by Gasteiger charge is 2.30. The molecule has 0 radical (unpaired) electrons. The molecule has 234 valence electrons. The van der Waals surface area contributed by atoms with Crippen LogP contribution in [-0.2, 0) is 22.5 Å². The number of carbonyl (C=O) groups is 2. The van der Waals surface area contributed by atoms with Crippen molar-refractivity contribution in [3.05, 3.63) is 80.2 Å². The molecule has 0 aliphatic carbocycles. The Morgan fingerprint density at radius 1 is 1.13 bits per heavy atom. The summed E-state index contributed by atoms with van der Waals surface area (Å²) in [5, 5.41) is 18.3. The van der Waals surface area contributed by atoms with Crippen LogP contribution in [0.4, 0.5) is 11.4 Å². The molecule has 5 heterocycles. The van der Waals surface area contributed by atoms with Gasteiger partial charge in [0.15, 0.2) is 11.5 Å². The van der Waals surface area contributed by atoms with E-state index in [4.69, 9.17) is 32.9 Å². The van der Waals surface area contributed by atoms with Crippen LogP contribution in [0.25, 0.3) is 11.4 Å². The van der Waals surface area contributed by atoms with Gasteiger partial charge in [-0.1, -0.05) is 36.2 Å². The fourth-order valence-corrected chi connectivity index (χ4v) is 6.02. The highest BCUT2D eigenvalue weighted by atomic mass is 35.5. The molecule has 0 atom stereocenters. The molecule has 6 rings (SSSR count). The van der Waals surface area contributed by atoms with Gasteiger partial charge in [0, 0.05) is 37.4 Å². The standard InChI is InChI=1S/C30H30Cl2N8O5/c1-2-22-26(37-10-12-38(13-11-37)28(43)25-23(41)4-3-9-33-25)29(44)40-30(35-27(36-40)18-7-14-45-15-8-18)39(22)17-24(42)34-21-6-5-19(31)16-20(21)32/h3-7,9,16,41H,2,8,10-15,17H2,1H3,(H,34,42). The molecule has 1 aromatic carbocycles. The highest BCUT2D eigenvalue weighted by molar-refractivity contribution is 6.36. The van der Waals surface area contributed by atoms with Crippen molar-refractivity contribution in [2.75, 3.05) is 49.6 Å². The lowest BCUT2D eigenvalue weighted by Gasteiger charge is -2.36. The molecule has 0 spiro atoms. The molecule has 0 bridgehead atoms. The molecule has 0 saturated carbocycles. The van der Waals surface area contributed by atoms with Crippen LogP contribution >= 0.6 is 23.2 Å². The smallest absolute Gasteiger partial charge is 0.299 e. The number of aromatic nitrogens is 5. The van der Waals surface area contributed by atoms with E-state index in [1.54, 1.807) is 27.7 Å². The first-order valence-electron chi connectivity index (χ1n) is 14.5. The normalized spacial score (nSPS) is 15.3. The maximum Gasteiger partial charge on any atom is 0.299 e. The first-order valence-corrected chi connectivity index (χ1v) is 15.2. The van der Waals surface area contributed by atoms with Crippen LogP contribution in [0.5, 0.6) is 5.75 Å². The van der Waals surface area contributed by atoms with Crippen molar-refractivity contribution in [1.82, 2.24) is 29.0 Å². The average Bonchev–Trinajstić information content (AvgIpc) is 3.50. The molecular formula is C30H30Cl2N8O5. The van der Waals surface area contributed by atoms with Gasteiger partial charge in [-0.15, -0.1) is 5.10 Å². The van der Waals surface area contributed by atoms with Crippen molar-refractivity contribution in [2.24, 2.45) is 0 Å². The summed E-state index contributed by atoms with van der Waals surface area (Å²) in [6.07, 6.45) is 4.35. The van der Waals surface area contributed by atoms with Gasteiger partial charge in [-0.25, -0.2) is 4.98 Å². The molecular weight excluding hydrogens is 623 g/mol. The Morgan fingerprint density at radius 3 is 2.62 bits per heavy atom. The van der Waals surface area contributed by atoms with Gasteiger partial charge in [0.25, 0.3) is 11.5 Å². The number of ether oxygens (including phenoxy) is 1. The largest absolute Gasteiger partial charge is 0.505 e. The molecule has 4 aromatic rings. The maximum absolute atomic E-state index is 14.1. The Bertz CT molecular complexity index is 1880. The third kappa shape index (κ3) is 6.10. The third-order valence-corrected chi connectivity index (χ3v) is 8.34. The number of nitrogens with one attached hydrogen (secondary N) is 1. The van der Waals surface area contributed by atoms with Gasteiger partial charge >= 0.3 is 0 Å². The van der Waals surface area contributed by atoms with Crippen molar-refractivity contribution in [2.45, 2.75) is 26.3 Å². The molecule has 0 unspecified atom stereocenters. The van der Waals surface area contributed by atoms with E-state index in [-0.39, 0.29) is 41.1 Å². The Hall–Kier alpha value is -4.46. The third-order valence-electron chi connectivity index (χ3n) is 7.79. The van der Waals surface area contributed by atoms with Crippen molar-refractivity contribution >= 4 is 57.7 Å². The zero-order chi connectivity index (χ0) is 31.7. The quantitative estimate of drug-likeness (QED) is 0.307. The summed E-state index contributed by atoms with van der Waals surface area (Å²) in [7, 11) is 0. The SMILES string of the molecule is CCc1c(N2CCN(C(=O)c3ncccc3O)CC2)c(=O)n2nc(C3=CCOCC3)nc2n1CC(=O)Nc1ccc(Cl)cc1Cl. The van der Waals surface area contributed by atoms with Crippen LogP contribution in [0, 0.1) is 0 Å². The van der Waals surface area contributed by atoms with Crippen LogP contribution < -0.4 is 15.8 Å². The second-order valence-corrected chi connectivity index (χ2v) is 11.4. The number of hydrogen-bond acceptors (Lipinski definition) is 9. The summed E-state index contributed by atoms with van der Waals surface area (Å²) < 4.78 is 8.38. The van der Waals surface area contributed by atoms with Crippen LogP contribution in [0.1, 0.15) is 35.4 Å². The first-order chi connectivity index (χ1) is 21.7. The number of piperazine rings is 1. The summed E-state index contributed by atoms with van der Waals surface area (Å²) >= 11 is 12.3. The van der Waals surface area contributed by atoms with E-state index < -0.39 is 0 Å². The van der Waals surface area contributed by atoms with Gasteiger partial charge in [-0.05, 0) is 48.7 Å². The number of anilines is 2. The summed E-state index contributed by atoms with van der Waals surface area (Å²) in [4.78, 5) is 52.8. The molecule has 2 aliphatic rings. The number of carbonyl (C=O) groups excluding carboxylic acids is 2. The maximum atomic E-state index is 14.1. The predicted molar refractivity (Wildman–Crippen MR) is 169 cm³/mol. The predicted octanol–water partition coefficient (Wildman–Crippen LogP) is 3.27. The topological polar surface area (TPSA) is 147 Å². The minimum atomic E-state index is -0.389. The van der Waals surface area contributed by atoms with Crippen LogP contribution in [-0.4, -0.2) is 85.4 Å². The Balaban J connectivity index is 1.36. The van der Waals surface area contributed by atoms with E-state index in [0.29, 0.717) is 85.2 Å². The molecule has 3 aromatic heterocycles. The van der Waals surface area contributed by atoms with Gasteiger partial charge in [0.2, 0.25) is 11.7 Å². The van der Waals surface area contributed by atoms with Crippen LogP contribution in [0.15, 0.2) is 47.4 Å². The van der Waals surface area contributed by atoms with E-state index in [2.05, 4.69) is 15.4 Å². The second kappa shape index (κ2) is 12.9.